The van der Waals surface area contributed by atoms with Crippen LogP contribution in [0.2, 0.25) is 0 Å². The number of aromatic nitrogens is 1. The van der Waals surface area contributed by atoms with Crippen molar-refractivity contribution in [1.82, 2.24) is 10.3 Å². The molecule has 0 aliphatic heterocycles. The number of benzene rings is 1. The number of nitrogens with one attached hydrogen (secondary N) is 2. The van der Waals surface area contributed by atoms with Crippen LogP contribution in [0.15, 0.2) is 28.4 Å². The average Bonchev–Trinajstić information content (AvgIpc) is 2.76. The van der Waals surface area contributed by atoms with Crippen molar-refractivity contribution in [3.05, 3.63) is 55.9 Å². The summed E-state index contributed by atoms with van der Waals surface area (Å²) in [6.07, 6.45) is -4.60. The summed E-state index contributed by atoms with van der Waals surface area (Å²) in [5.74, 6) is -0.928. The summed E-state index contributed by atoms with van der Waals surface area (Å²) >= 11 is 0.979. The lowest BCUT2D eigenvalue weighted by Gasteiger charge is -2.13. The average molecular weight is 306 g/mol. The van der Waals surface area contributed by atoms with Gasteiger partial charge in [0.25, 0.3) is 0 Å². The number of aromatic amines is 1. The third-order valence-corrected chi connectivity index (χ3v) is 3.30. The van der Waals surface area contributed by atoms with Gasteiger partial charge in [0.15, 0.2) is 0 Å². The van der Waals surface area contributed by atoms with Crippen LogP contribution in [-0.4, -0.2) is 4.98 Å². The molecule has 0 unspecified atom stereocenters. The summed E-state index contributed by atoms with van der Waals surface area (Å²) in [5, 5.41) is 4.37. The zero-order valence-corrected chi connectivity index (χ0v) is 10.9. The van der Waals surface area contributed by atoms with Gasteiger partial charge >= 0.3 is 11.0 Å². The first-order valence-electron chi connectivity index (χ1n) is 5.59. The SMILES string of the molecule is O=c1[nH]c(CNCc2ccc(F)cc2C(F)(F)F)cs1. The minimum Gasteiger partial charge on any atom is -0.315 e. The van der Waals surface area contributed by atoms with E-state index < -0.39 is 17.6 Å². The smallest absolute Gasteiger partial charge is 0.315 e. The summed E-state index contributed by atoms with van der Waals surface area (Å²) in [5.41, 5.74) is -0.448. The van der Waals surface area contributed by atoms with E-state index in [2.05, 4.69) is 10.3 Å². The van der Waals surface area contributed by atoms with Crippen LogP contribution in [0.3, 0.4) is 0 Å². The summed E-state index contributed by atoms with van der Waals surface area (Å²) in [7, 11) is 0. The molecule has 0 atom stereocenters. The lowest BCUT2D eigenvalue weighted by Crippen LogP contribution is -2.18. The monoisotopic (exact) mass is 306 g/mol. The molecule has 0 saturated carbocycles. The maximum absolute atomic E-state index is 12.9. The van der Waals surface area contributed by atoms with Crippen molar-refractivity contribution in [2.24, 2.45) is 0 Å². The number of H-pyrrole nitrogens is 1. The Balaban J connectivity index is 2.07. The number of rotatable bonds is 4. The molecule has 2 aromatic rings. The van der Waals surface area contributed by atoms with Crippen LogP contribution in [0.25, 0.3) is 0 Å². The highest BCUT2D eigenvalue weighted by Gasteiger charge is 2.33. The molecule has 0 radical (unpaired) electrons. The second-order valence-electron chi connectivity index (χ2n) is 4.08. The van der Waals surface area contributed by atoms with E-state index in [4.69, 9.17) is 0 Å². The van der Waals surface area contributed by atoms with E-state index in [0.29, 0.717) is 11.8 Å². The van der Waals surface area contributed by atoms with Crippen molar-refractivity contribution in [3.63, 3.8) is 0 Å². The number of alkyl halides is 3. The Bertz CT molecular complexity index is 647. The zero-order valence-electron chi connectivity index (χ0n) is 10.1. The van der Waals surface area contributed by atoms with Gasteiger partial charge in [-0.1, -0.05) is 17.4 Å². The van der Waals surface area contributed by atoms with Gasteiger partial charge in [-0.2, -0.15) is 13.2 Å². The summed E-state index contributed by atoms with van der Waals surface area (Å²) in [6.45, 7) is 0.153. The minimum atomic E-state index is -4.60. The van der Waals surface area contributed by atoms with Crippen molar-refractivity contribution in [2.75, 3.05) is 0 Å². The largest absolute Gasteiger partial charge is 0.416 e. The first kappa shape index (κ1) is 14.7. The van der Waals surface area contributed by atoms with E-state index in [9.17, 15) is 22.4 Å². The van der Waals surface area contributed by atoms with E-state index in [-0.39, 0.29) is 23.5 Å². The van der Waals surface area contributed by atoms with Gasteiger partial charge < -0.3 is 10.3 Å². The topological polar surface area (TPSA) is 44.9 Å². The molecule has 1 aromatic heterocycles. The van der Waals surface area contributed by atoms with Gasteiger partial charge in [0, 0.05) is 24.2 Å². The van der Waals surface area contributed by atoms with E-state index >= 15 is 0 Å². The molecule has 8 heteroatoms. The molecule has 2 N–H and O–H groups in total. The second kappa shape index (κ2) is 5.76. The van der Waals surface area contributed by atoms with Crippen molar-refractivity contribution in [3.8, 4) is 0 Å². The molecule has 108 valence electrons. The van der Waals surface area contributed by atoms with Crippen molar-refractivity contribution in [2.45, 2.75) is 19.3 Å². The predicted octanol–water partition coefficient (Wildman–Crippen LogP) is 2.88. The molecule has 0 spiro atoms. The lowest BCUT2D eigenvalue weighted by atomic mass is 10.1. The number of hydrogen-bond donors (Lipinski definition) is 2. The number of thiazole rings is 1. The van der Waals surface area contributed by atoms with Gasteiger partial charge in [-0.05, 0) is 17.7 Å². The minimum absolute atomic E-state index is 0.0449. The quantitative estimate of drug-likeness (QED) is 0.853. The normalized spacial score (nSPS) is 11.8. The second-order valence-corrected chi connectivity index (χ2v) is 4.92. The Kier molecular flexibility index (Phi) is 4.24. The van der Waals surface area contributed by atoms with Crippen LogP contribution >= 0.6 is 11.3 Å². The highest BCUT2D eigenvalue weighted by Crippen LogP contribution is 2.32. The molecule has 0 saturated heterocycles. The Morgan fingerprint density at radius 3 is 2.60 bits per heavy atom. The van der Waals surface area contributed by atoms with E-state index in [0.717, 1.165) is 23.5 Å². The molecule has 0 bridgehead atoms. The van der Waals surface area contributed by atoms with Gasteiger partial charge in [-0.15, -0.1) is 0 Å². The highest BCUT2D eigenvalue weighted by molar-refractivity contribution is 7.07. The van der Waals surface area contributed by atoms with E-state index in [1.165, 1.54) is 0 Å². The van der Waals surface area contributed by atoms with Crippen molar-refractivity contribution >= 4 is 11.3 Å². The van der Waals surface area contributed by atoms with Gasteiger partial charge in [0.05, 0.1) is 5.56 Å². The summed E-state index contributed by atoms with van der Waals surface area (Å²) in [4.78, 5) is 13.2. The lowest BCUT2D eigenvalue weighted by molar-refractivity contribution is -0.138. The van der Waals surface area contributed by atoms with Gasteiger partial charge in [0.1, 0.15) is 5.82 Å². The van der Waals surface area contributed by atoms with E-state index in [1.54, 1.807) is 5.38 Å². The Morgan fingerprint density at radius 2 is 2.00 bits per heavy atom. The van der Waals surface area contributed by atoms with Crippen LogP contribution in [-0.2, 0) is 19.3 Å². The molecule has 0 aliphatic carbocycles. The first-order chi connectivity index (χ1) is 9.36. The van der Waals surface area contributed by atoms with Gasteiger partial charge in [0.2, 0.25) is 0 Å². The third kappa shape index (κ3) is 3.67. The maximum atomic E-state index is 12.9. The standard InChI is InChI=1S/C12H10F4N2OS/c13-8-2-1-7(10(3-8)12(14,15)16)4-17-5-9-6-20-11(19)18-9/h1-3,6,17H,4-5H2,(H,18,19). The molecule has 3 nitrogen and oxygen atoms in total. The zero-order chi connectivity index (χ0) is 14.8. The van der Waals surface area contributed by atoms with Gasteiger partial charge in [-0.3, -0.25) is 4.79 Å². The molecule has 0 fully saturated rings. The Labute approximate surface area is 115 Å². The number of hydrogen-bond acceptors (Lipinski definition) is 3. The van der Waals surface area contributed by atoms with Crippen LogP contribution < -0.4 is 10.2 Å². The Hall–Kier alpha value is -1.67. The molecule has 0 aliphatic rings. The van der Waals surface area contributed by atoms with Crippen LogP contribution in [0.5, 0.6) is 0 Å². The molecule has 0 amide bonds. The fourth-order valence-electron chi connectivity index (χ4n) is 1.70. The molecule has 2 rings (SSSR count). The molecular weight excluding hydrogens is 296 g/mol. The van der Waals surface area contributed by atoms with Crippen molar-refractivity contribution in [1.29, 1.82) is 0 Å². The van der Waals surface area contributed by atoms with Gasteiger partial charge in [-0.25, -0.2) is 4.39 Å². The molecule has 1 aromatic carbocycles. The first-order valence-corrected chi connectivity index (χ1v) is 6.47. The van der Waals surface area contributed by atoms with Crippen LogP contribution in [0.4, 0.5) is 17.6 Å². The molecule has 20 heavy (non-hydrogen) atoms. The third-order valence-electron chi connectivity index (χ3n) is 2.58. The highest BCUT2D eigenvalue weighted by atomic mass is 32.1. The fraction of sp³-hybridized carbons (Fsp3) is 0.250. The summed E-state index contributed by atoms with van der Waals surface area (Å²) in [6, 6.07) is 2.56. The summed E-state index contributed by atoms with van der Waals surface area (Å²) < 4.78 is 51.1. The molecular formula is C12H10F4N2OS. The van der Waals surface area contributed by atoms with Crippen molar-refractivity contribution < 1.29 is 17.6 Å². The van der Waals surface area contributed by atoms with Crippen LogP contribution in [0, 0.1) is 5.82 Å². The maximum Gasteiger partial charge on any atom is 0.416 e. The fourth-order valence-corrected chi connectivity index (χ4v) is 2.28. The predicted molar refractivity (Wildman–Crippen MR) is 66.9 cm³/mol. The molecule has 1 heterocycles. The Morgan fingerprint density at radius 1 is 1.25 bits per heavy atom. The van der Waals surface area contributed by atoms with E-state index in [1.807, 2.05) is 0 Å². The number of halogens is 4. The van der Waals surface area contributed by atoms with Crippen LogP contribution in [0.1, 0.15) is 16.8 Å².